The maximum atomic E-state index is 13.9. The number of amides is 4. The van der Waals surface area contributed by atoms with Gasteiger partial charge in [0.25, 0.3) is 0 Å². The molecule has 0 spiro atoms. The molecule has 3 fully saturated rings. The summed E-state index contributed by atoms with van der Waals surface area (Å²) in [5.74, 6) is 0. The molecular weight excluding hydrogens is 468 g/mol. The number of nitrogens with zero attached hydrogens (tertiary/aromatic N) is 4. The minimum absolute atomic E-state index is 0.0236. The van der Waals surface area contributed by atoms with E-state index in [-0.39, 0.29) is 24.1 Å². The third kappa shape index (κ3) is 4.48. The largest absolute Gasteiger partial charge is 0.329 e. The van der Waals surface area contributed by atoms with Gasteiger partial charge in [0.2, 0.25) is 0 Å². The van der Waals surface area contributed by atoms with Crippen molar-refractivity contribution >= 4 is 34.8 Å². The predicted molar refractivity (Wildman–Crippen MR) is 144 cm³/mol. The number of urea groups is 2. The summed E-state index contributed by atoms with van der Waals surface area (Å²) < 4.78 is 0. The molecule has 0 unspecified atom stereocenters. The lowest BCUT2D eigenvalue weighted by Crippen LogP contribution is -2.61. The summed E-state index contributed by atoms with van der Waals surface area (Å²) in [4.78, 5) is 38.3. The fraction of sp³-hybridized carbons (Fsp3) is 0.379. The lowest BCUT2D eigenvalue weighted by atomic mass is 10.2. The second kappa shape index (κ2) is 9.62. The Morgan fingerprint density at radius 1 is 0.806 bits per heavy atom. The average molecular weight is 501 g/mol. The van der Waals surface area contributed by atoms with Gasteiger partial charge >= 0.3 is 12.1 Å². The van der Waals surface area contributed by atoms with E-state index in [0.29, 0.717) is 25.7 Å². The number of anilines is 2. The molecule has 1 aromatic heterocycles. The smallest absolute Gasteiger partial charge is 0.320 e. The van der Waals surface area contributed by atoms with Crippen molar-refractivity contribution in [2.75, 3.05) is 18.0 Å². The zero-order valence-corrected chi connectivity index (χ0v) is 21.4. The number of likely N-dealkylation sites (tertiary alicyclic amines) is 1. The first kappa shape index (κ1) is 23.1. The van der Waals surface area contributed by atoms with Crippen LogP contribution >= 0.6 is 11.3 Å². The summed E-state index contributed by atoms with van der Waals surface area (Å²) in [6.07, 6.45) is 4.08. The summed E-state index contributed by atoms with van der Waals surface area (Å²) in [6, 6.07) is 24.6. The number of thiophene rings is 1. The van der Waals surface area contributed by atoms with E-state index < -0.39 is 0 Å². The highest BCUT2D eigenvalue weighted by Crippen LogP contribution is 2.37. The molecule has 7 heteroatoms. The number of hydrogen-bond donors (Lipinski definition) is 0. The van der Waals surface area contributed by atoms with Crippen molar-refractivity contribution in [2.45, 2.75) is 57.3 Å². The van der Waals surface area contributed by atoms with Crippen LogP contribution in [0.3, 0.4) is 0 Å². The van der Waals surface area contributed by atoms with Crippen LogP contribution < -0.4 is 4.90 Å². The maximum absolute atomic E-state index is 13.9. The number of hydrogen-bond acceptors (Lipinski definition) is 3. The molecule has 1 saturated carbocycles. The molecule has 2 atom stereocenters. The molecule has 3 aliphatic rings. The maximum Gasteiger partial charge on any atom is 0.329 e. The molecular formula is C29H32N4O2S. The molecule has 0 N–H and O–H groups in total. The Morgan fingerprint density at radius 3 is 1.89 bits per heavy atom. The van der Waals surface area contributed by atoms with Crippen LogP contribution in [0.5, 0.6) is 0 Å². The van der Waals surface area contributed by atoms with Crippen molar-refractivity contribution in [3.05, 3.63) is 82.6 Å². The fourth-order valence-corrected chi connectivity index (χ4v) is 6.55. The highest BCUT2D eigenvalue weighted by atomic mass is 32.1. The SMILES string of the molecule is Cc1ccc(CN(C(=O)N2[C@@H]3CC[C@H]2CN(C(=O)N(c2ccccc2)c2ccccc2)C3)C2CC2)s1. The molecule has 4 amide bonds. The zero-order valence-electron chi connectivity index (χ0n) is 20.6. The molecule has 2 aromatic carbocycles. The summed E-state index contributed by atoms with van der Waals surface area (Å²) in [5, 5.41) is 0. The van der Waals surface area contributed by atoms with Gasteiger partial charge in [0.15, 0.2) is 0 Å². The number of para-hydroxylation sites is 2. The molecule has 6 nitrogen and oxygen atoms in total. The molecule has 6 rings (SSSR count). The summed E-state index contributed by atoms with van der Waals surface area (Å²) in [5.41, 5.74) is 1.71. The van der Waals surface area contributed by atoms with Crippen molar-refractivity contribution in [1.29, 1.82) is 0 Å². The topological polar surface area (TPSA) is 47.1 Å². The minimum Gasteiger partial charge on any atom is -0.320 e. The van der Waals surface area contributed by atoms with Gasteiger partial charge in [-0.25, -0.2) is 9.59 Å². The number of aryl methyl sites for hydroxylation is 1. The van der Waals surface area contributed by atoms with Gasteiger partial charge in [-0.05, 0) is 69.0 Å². The van der Waals surface area contributed by atoms with E-state index in [4.69, 9.17) is 0 Å². The molecule has 2 aliphatic heterocycles. The Morgan fingerprint density at radius 2 is 1.39 bits per heavy atom. The summed E-state index contributed by atoms with van der Waals surface area (Å²) in [6.45, 7) is 3.96. The number of carbonyl (C=O) groups is 2. The van der Waals surface area contributed by atoms with Gasteiger partial charge in [-0.1, -0.05) is 36.4 Å². The molecule has 36 heavy (non-hydrogen) atoms. The number of rotatable bonds is 5. The van der Waals surface area contributed by atoms with Gasteiger partial charge in [-0.15, -0.1) is 11.3 Å². The molecule has 3 aromatic rings. The van der Waals surface area contributed by atoms with E-state index in [1.807, 2.05) is 65.6 Å². The highest BCUT2D eigenvalue weighted by molar-refractivity contribution is 7.11. The first-order chi connectivity index (χ1) is 17.6. The number of benzene rings is 2. The van der Waals surface area contributed by atoms with E-state index in [0.717, 1.165) is 37.1 Å². The van der Waals surface area contributed by atoms with E-state index in [1.54, 1.807) is 16.2 Å². The summed E-state index contributed by atoms with van der Waals surface area (Å²) >= 11 is 1.78. The second-order valence-electron chi connectivity index (χ2n) is 10.1. The lowest BCUT2D eigenvalue weighted by Gasteiger charge is -2.44. The Kier molecular flexibility index (Phi) is 6.17. The molecule has 2 saturated heterocycles. The number of carbonyl (C=O) groups excluding carboxylic acids is 2. The Balaban J connectivity index is 1.21. The zero-order chi connectivity index (χ0) is 24.6. The van der Waals surface area contributed by atoms with Gasteiger partial charge in [0.05, 0.1) is 30.0 Å². The molecule has 3 heterocycles. The lowest BCUT2D eigenvalue weighted by molar-refractivity contribution is 0.0792. The minimum atomic E-state index is -0.0236. The summed E-state index contributed by atoms with van der Waals surface area (Å²) in [7, 11) is 0. The van der Waals surface area contributed by atoms with Crippen LogP contribution in [-0.4, -0.2) is 58.0 Å². The van der Waals surface area contributed by atoms with Crippen LogP contribution in [0.25, 0.3) is 0 Å². The Hall–Kier alpha value is -3.32. The first-order valence-corrected chi connectivity index (χ1v) is 13.7. The normalized spacial score (nSPS) is 20.9. The van der Waals surface area contributed by atoms with Crippen molar-refractivity contribution in [3.63, 3.8) is 0 Å². The van der Waals surface area contributed by atoms with Crippen LogP contribution in [0.15, 0.2) is 72.8 Å². The van der Waals surface area contributed by atoms with E-state index >= 15 is 0 Å². The number of piperazine rings is 1. The van der Waals surface area contributed by atoms with Crippen molar-refractivity contribution in [1.82, 2.24) is 14.7 Å². The Labute approximate surface area is 216 Å². The highest BCUT2D eigenvalue weighted by Gasteiger charge is 2.47. The molecule has 1 aliphatic carbocycles. The van der Waals surface area contributed by atoms with Crippen molar-refractivity contribution < 1.29 is 9.59 Å². The van der Waals surface area contributed by atoms with Gasteiger partial charge in [0, 0.05) is 28.9 Å². The van der Waals surface area contributed by atoms with Crippen molar-refractivity contribution in [2.24, 2.45) is 0 Å². The van der Waals surface area contributed by atoms with Gasteiger partial charge < -0.3 is 14.7 Å². The molecule has 2 bridgehead atoms. The second-order valence-corrected chi connectivity index (χ2v) is 11.5. The first-order valence-electron chi connectivity index (χ1n) is 12.9. The van der Waals surface area contributed by atoms with Crippen LogP contribution in [0.2, 0.25) is 0 Å². The van der Waals surface area contributed by atoms with E-state index in [1.165, 1.54) is 9.75 Å². The molecule has 0 radical (unpaired) electrons. The van der Waals surface area contributed by atoms with Gasteiger partial charge in [-0.2, -0.15) is 0 Å². The predicted octanol–water partition coefficient (Wildman–Crippen LogP) is 6.25. The average Bonchev–Trinajstić information content (AvgIpc) is 3.61. The third-order valence-corrected chi connectivity index (χ3v) is 8.53. The van der Waals surface area contributed by atoms with Crippen LogP contribution in [0.1, 0.15) is 35.4 Å². The van der Waals surface area contributed by atoms with Gasteiger partial charge in [-0.3, -0.25) is 4.90 Å². The van der Waals surface area contributed by atoms with Gasteiger partial charge in [0.1, 0.15) is 0 Å². The quantitative estimate of drug-likeness (QED) is 0.416. The van der Waals surface area contributed by atoms with Crippen molar-refractivity contribution in [3.8, 4) is 0 Å². The van der Waals surface area contributed by atoms with E-state index in [2.05, 4.69) is 28.9 Å². The standard InChI is InChI=1S/C29H32N4O2S/c1-21-12-17-27(36-21)20-31(22-13-14-22)29(35)33-25-15-16-26(33)19-30(18-25)28(34)32(23-8-4-2-5-9-23)24-10-6-3-7-11-24/h2-12,17,22,25-26H,13-16,18-20H2,1H3/t25-,26+. The van der Waals surface area contributed by atoms with E-state index in [9.17, 15) is 9.59 Å². The third-order valence-electron chi connectivity index (χ3n) is 7.55. The monoisotopic (exact) mass is 500 g/mol. The number of fused-ring (bicyclic) bond motifs is 2. The Bertz CT molecular complexity index is 1170. The van der Waals surface area contributed by atoms with Crippen LogP contribution in [0.4, 0.5) is 21.0 Å². The van der Waals surface area contributed by atoms with Crippen LogP contribution in [-0.2, 0) is 6.54 Å². The van der Waals surface area contributed by atoms with Crippen LogP contribution in [0, 0.1) is 6.92 Å². The fourth-order valence-electron chi connectivity index (χ4n) is 5.66. The molecule has 186 valence electrons.